The lowest BCUT2D eigenvalue weighted by atomic mass is 9.44. The summed E-state index contributed by atoms with van der Waals surface area (Å²) < 4.78 is 5.03. The van der Waals surface area contributed by atoms with Gasteiger partial charge in [0.1, 0.15) is 5.78 Å². The second kappa shape index (κ2) is 9.34. The molecule has 0 bridgehead atoms. The number of Topliss-reactive ketones (excluding diaryl/α,β-unsaturated/α-hetero) is 1. The second-order valence-corrected chi connectivity index (χ2v) is 12.6. The predicted molar refractivity (Wildman–Crippen MR) is 133 cm³/mol. The molecule has 184 valence electrons. The molecule has 0 heterocycles. The molecule has 1 unspecified atom stereocenters. The summed E-state index contributed by atoms with van der Waals surface area (Å²) in [5.74, 6) is 3.97. The number of ketones is 1. The normalized spacial score (nSPS) is 41.5. The summed E-state index contributed by atoms with van der Waals surface area (Å²) in [6, 6.07) is 0. The summed E-state index contributed by atoms with van der Waals surface area (Å²) in [5.41, 5.74) is 2.43. The molecule has 8 atom stereocenters. The molecule has 4 saturated carbocycles. The van der Waals surface area contributed by atoms with E-state index >= 15 is 0 Å². The molecule has 0 N–H and O–H groups in total. The van der Waals surface area contributed by atoms with E-state index in [-0.39, 0.29) is 16.8 Å². The van der Waals surface area contributed by atoms with E-state index in [9.17, 15) is 9.59 Å². The van der Waals surface area contributed by atoms with E-state index in [0.717, 1.165) is 42.2 Å². The molecule has 0 aliphatic heterocycles. The molecule has 0 radical (unpaired) electrons. The zero-order valence-corrected chi connectivity index (χ0v) is 21.8. The minimum absolute atomic E-state index is 0.166. The van der Waals surface area contributed by atoms with Crippen LogP contribution in [0.15, 0.2) is 24.0 Å². The fraction of sp³-hybridized carbons (Fsp3) is 0.800. The topological polar surface area (TPSA) is 43.4 Å². The van der Waals surface area contributed by atoms with Crippen LogP contribution in [0.25, 0.3) is 0 Å². The summed E-state index contributed by atoms with van der Waals surface area (Å²) in [7, 11) is 0. The third-order valence-electron chi connectivity index (χ3n) is 10.9. The van der Waals surface area contributed by atoms with Crippen molar-refractivity contribution in [3.05, 3.63) is 24.0 Å². The molecular formula is C30H46O3. The van der Waals surface area contributed by atoms with Crippen molar-refractivity contribution in [3.8, 4) is 0 Å². The maximum atomic E-state index is 13.8. The maximum absolute atomic E-state index is 13.8. The zero-order valence-electron chi connectivity index (χ0n) is 21.8. The molecule has 4 aliphatic rings. The molecular weight excluding hydrogens is 408 g/mol. The van der Waals surface area contributed by atoms with E-state index in [1.165, 1.54) is 64.6 Å². The first kappa shape index (κ1) is 24.7. The van der Waals surface area contributed by atoms with Crippen LogP contribution in [-0.4, -0.2) is 11.8 Å². The highest BCUT2D eigenvalue weighted by Gasteiger charge is 2.63. The summed E-state index contributed by atoms with van der Waals surface area (Å²) in [6.07, 6.45) is 14.9. The Morgan fingerprint density at radius 1 is 1.12 bits per heavy atom. The molecule has 0 aromatic heterocycles. The number of allylic oxidation sites excluding steroid dienone is 2. The predicted octanol–water partition coefficient (Wildman–Crippen LogP) is 7.65. The van der Waals surface area contributed by atoms with Gasteiger partial charge in [0.15, 0.2) is 0 Å². The molecule has 0 aromatic rings. The molecule has 4 fully saturated rings. The zero-order chi connectivity index (χ0) is 24.0. The van der Waals surface area contributed by atoms with Crippen LogP contribution in [-0.2, 0) is 14.3 Å². The quantitative estimate of drug-likeness (QED) is 0.235. The van der Waals surface area contributed by atoms with Gasteiger partial charge in [-0.3, -0.25) is 9.59 Å². The van der Waals surface area contributed by atoms with E-state index in [4.69, 9.17) is 4.74 Å². The van der Waals surface area contributed by atoms with Crippen LogP contribution >= 0.6 is 0 Å². The summed E-state index contributed by atoms with van der Waals surface area (Å²) in [6.45, 7) is 15.0. The van der Waals surface area contributed by atoms with Crippen LogP contribution in [0.2, 0.25) is 0 Å². The Morgan fingerprint density at radius 2 is 1.88 bits per heavy atom. The Kier molecular flexibility index (Phi) is 7.00. The number of carbonyl (C=O) groups excluding carboxylic acids is 2. The van der Waals surface area contributed by atoms with Crippen LogP contribution in [0, 0.1) is 46.3 Å². The van der Waals surface area contributed by atoms with Crippen LogP contribution in [0.5, 0.6) is 0 Å². The van der Waals surface area contributed by atoms with Crippen molar-refractivity contribution in [3.63, 3.8) is 0 Å². The van der Waals surface area contributed by atoms with Crippen LogP contribution in [0.1, 0.15) is 105 Å². The highest BCUT2D eigenvalue weighted by atomic mass is 16.5. The Bertz CT molecular complexity index is 824. The third-order valence-corrected chi connectivity index (χ3v) is 10.9. The number of hydrogen-bond acceptors (Lipinski definition) is 3. The fourth-order valence-electron chi connectivity index (χ4n) is 9.14. The number of fused-ring (bicyclic) bond motifs is 5. The molecule has 3 heteroatoms. The Hall–Kier alpha value is -1.38. The van der Waals surface area contributed by atoms with Crippen LogP contribution in [0.3, 0.4) is 0 Å². The Balaban J connectivity index is 1.44. The fourth-order valence-corrected chi connectivity index (χ4v) is 9.14. The van der Waals surface area contributed by atoms with Crippen molar-refractivity contribution in [2.75, 3.05) is 0 Å². The first-order valence-corrected chi connectivity index (χ1v) is 13.6. The minimum atomic E-state index is -0.295. The Labute approximate surface area is 201 Å². The molecule has 0 aromatic carbocycles. The number of carbonyl (C=O) groups is 2. The minimum Gasteiger partial charge on any atom is -0.434 e. The molecule has 0 spiro atoms. The van der Waals surface area contributed by atoms with Gasteiger partial charge in [-0.25, -0.2) is 0 Å². The van der Waals surface area contributed by atoms with Crippen LogP contribution in [0.4, 0.5) is 0 Å². The van der Waals surface area contributed by atoms with E-state index in [2.05, 4.69) is 27.4 Å². The molecule has 33 heavy (non-hydrogen) atoms. The summed E-state index contributed by atoms with van der Waals surface area (Å²) in [5, 5.41) is 0. The molecule has 4 rings (SSSR count). The van der Waals surface area contributed by atoms with Gasteiger partial charge in [0, 0.05) is 19.3 Å². The van der Waals surface area contributed by atoms with Gasteiger partial charge in [0.05, 0.1) is 6.26 Å². The molecule has 3 nitrogen and oxygen atoms in total. The first-order chi connectivity index (χ1) is 15.6. The maximum Gasteiger partial charge on any atom is 0.307 e. The average molecular weight is 455 g/mol. The van der Waals surface area contributed by atoms with Crippen molar-refractivity contribution in [1.29, 1.82) is 0 Å². The van der Waals surface area contributed by atoms with Crippen molar-refractivity contribution in [1.82, 2.24) is 0 Å². The standard InChI is InChI=1S/C30H46O3/c1-19(21(3)18-33-22(4)31)10-11-20(2)25-14-15-26-24-13-12-23-9-7-8-16-29(23,5)28(24)27(32)17-30(25,26)6/h18,20,23-26,28H,1,7-17H2,2-6H3/t20-,23?,24+,25-,26+,28-,29+,30-/m1/s1. The van der Waals surface area contributed by atoms with Crippen molar-refractivity contribution in [2.24, 2.45) is 46.3 Å². The van der Waals surface area contributed by atoms with Gasteiger partial charge in [-0.2, -0.15) is 0 Å². The summed E-state index contributed by atoms with van der Waals surface area (Å²) in [4.78, 5) is 24.9. The van der Waals surface area contributed by atoms with Crippen molar-refractivity contribution >= 4 is 11.8 Å². The van der Waals surface area contributed by atoms with Gasteiger partial charge in [0.2, 0.25) is 0 Å². The molecule has 0 amide bonds. The van der Waals surface area contributed by atoms with Crippen LogP contribution < -0.4 is 0 Å². The lowest BCUT2D eigenvalue weighted by molar-refractivity contribution is -0.158. The number of rotatable bonds is 6. The van der Waals surface area contributed by atoms with E-state index in [1.807, 2.05) is 6.92 Å². The van der Waals surface area contributed by atoms with E-state index < -0.39 is 0 Å². The monoisotopic (exact) mass is 454 g/mol. The van der Waals surface area contributed by atoms with Crippen molar-refractivity contribution < 1.29 is 14.3 Å². The van der Waals surface area contributed by atoms with Gasteiger partial charge < -0.3 is 4.74 Å². The van der Waals surface area contributed by atoms with Gasteiger partial charge in [-0.05, 0) is 110 Å². The number of hydrogen-bond donors (Lipinski definition) is 0. The highest BCUT2D eigenvalue weighted by molar-refractivity contribution is 5.84. The summed E-state index contributed by atoms with van der Waals surface area (Å²) >= 11 is 0. The molecule has 0 saturated heterocycles. The van der Waals surface area contributed by atoms with Crippen molar-refractivity contribution in [2.45, 2.75) is 105 Å². The number of esters is 1. The first-order valence-electron chi connectivity index (χ1n) is 13.6. The van der Waals surface area contributed by atoms with E-state index in [1.54, 1.807) is 0 Å². The largest absolute Gasteiger partial charge is 0.434 e. The van der Waals surface area contributed by atoms with E-state index in [0.29, 0.717) is 29.5 Å². The smallest absolute Gasteiger partial charge is 0.307 e. The Morgan fingerprint density at radius 3 is 2.61 bits per heavy atom. The lowest BCUT2D eigenvalue weighted by Gasteiger charge is -2.59. The van der Waals surface area contributed by atoms with Gasteiger partial charge in [0.25, 0.3) is 0 Å². The highest BCUT2D eigenvalue weighted by Crippen LogP contribution is 2.67. The second-order valence-electron chi connectivity index (χ2n) is 12.6. The lowest BCUT2D eigenvalue weighted by Crippen LogP contribution is -2.57. The SMILES string of the molecule is C=C(CC[C@@H](C)[C@H]1CC[C@H]2[C@@H]3CCC4CCCC[C@]4(C)[C@H]3C(=O)C[C@]12C)C(C)=COC(C)=O. The molecule has 4 aliphatic carbocycles. The van der Waals surface area contributed by atoms with Gasteiger partial charge in [-0.1, -0.05) is 40.2 Å². The average Bonchev–Trinajstić information content (AvgIpc) is 3.11. The van der Waals surface area contributed by atoms with Gasteiger partial charge in [-0.15, -0.1) is 0 Å². The van der Waals surface area contributed by atoms with Gasteiger partial charge >= 0.3 is 5.97 Å². The third kappa shape index (κ3) is 4.39. The number of ether oxygens (including phenoxy) is 1.